The van der Waals surface area contributed by atoms with Crippen molar-refractivity contribution in [3.8, 4) is 0 Å². The third-order valence-corrected chi connectivity index (χ3v) is 2.60. The van der Waals surface area contributed by atoms with E-state index in [0.29, 0.717) is 5.41 Å². The lowest BCUT2D eigenvalue weighted by atomic mass is 9.76. The molecule has 1 fully saturated rings. The molecular weight excluding hydrogens is 140 g/mol. The lowest BCUT2D eigenvalue weighted by Crippen LogP contribution is -2.26. The molecule has 66 valence electrons. The monoisotopic (exact) mass is 158 g/mol. The molecule has 1 aliphatic rings. The van der Waals surface area contributed by atoms with E-state index in [-0.39, 0.29) is 6.79 Å². The largest absolute Gasteiger partial charge is 0.371 e. The average Bonchev–Trinajstić information content (AvgIpc) is 2.03. The zero-order valence-corrected chi connectivity index (χ0v) is 7.31. The molecule has 1 N–H and O–H groups in total. The van der Waals surface area contributed by atoms with Crippen molar-refractivity contribution in [3.05, 3.63) is 0 Å². The molecule has 0 aromatic heterocycles. The molecule has 0 radical (unpaired) electrons. The summed E-state index contributed by atoms with van der Waals surface area (Å²) in [4.78, 5) is 0. The van der Waals surface area contributed by atoms with Gasteiger partial charge in [0.1, 0.15) is 6.79 Å². The van der Waals surface area contributed by atoms with Crippen LogP contribution in [0.4, 0.5) is 0 Å². The maximum Gasteiger partial charge on any atom is 0.143 e. The summed E-state index contributed by atoms with van der Waals surface area (Å²) >= 11 is 0. The molecule has 2 nitrogen and oxygen atoms in total. The zero-order chi connectivity index (χ0) is 8.16. The van der Waals surface area contributed by atoms with Crippen molar-refractivity contribution in [2.45, 2.75) is 39.0 Å². The highest BCUT2D eigenvalue weighted by Gasteiger charge is 2.26. The molecule has 0 atom stereocenters. The summed E-state index contributed by atoms with van der Waals surface area (Å²) in [6.45, 7) is 2.85. The molecule has 0 heterocycles. The summed E-state index contributed by atoms with van der Waals surface area (Å²) in [6, 6.07) is 0. The van der Waals surface area contributed by atoms with Crippen LogP contribution in [0, 0.1) is 5.41 Å². The summed E-state index contributed by atoms with van der Waals surface area (Å²) in [5.41, 5.74) is 0.348. The van der Waals surface area contributed by atoms with Gasteiger partial charge in [0.15, 0.2) is 0 Å². The quantitative estimate of drug-likeness (QED) is 0.636. The van der Waals surface area contributed by atoms with Gasteiger partial charge in [-0.15, -0.1) is 0 Å². The van der Waals surface area contributed by atoms with Gasteiger partial charge in [-0.2, -0.15) is 0 Å². The second-order valence-electron chi connectivity index (χ2n) is 3.85. The molecule has 0 aromatic rings. The van der Waals surface area contributed by atoms with Gasteiger partial charge in [-0.05, 0) is 18.3 Å². The number of hydrogen-bond donors (Lipinski definition) is 1. The van der Waals surface area contributed by atoms with Crippen molar-refractivity contribution in [1.29, 1.82) is 0 Å². The van der Waals surface area contributed by atoms with Crippen molar-refractivity contribution >= 4 is 0 Å². The Labute approximate surface area is 68.6 Å². The second-order valence-corrected chi connectivity index (χ2v) is 3.85. The van der Waals surface area contributed by atoms with Crippen LogP contribution in [0.1, 0.15) is 39.0 Å². The maximum atomic E-state index is 8.49. The maximum absolute atomic E-state index is 8.49. The van der Waals surface area contributed by atoms with Crippen molar-refractivity contribution in [3.63, 3.8) is 0 Å². The topological polar surface area (TPSA) is 29.5 Å². The molecule has 0 unspecified atom stereocenters. The van der Waals surface area contributed by atoms with Crippen LogP contribution in [-0.2, 0) is 4.74 Å². The lowest BCUT2D eigenvalue weighted by Gasteiger charge is -2.32. The first kappa shape index (κ1) is 9.01. The van der Waals surface area contributed by atoms with Gasteiger partial charge in [0.25, 0.3) is 0 Å². The molecule has 1 aliphatic carbocycles. The highest BCUT2D eigenvalue weighted by Crippen LogP contribution is 2.35. The van der Waals surface area contributed by atoms with Crippen molar-refractivity contribution in [2.75, 3.05) is 13.4 Å². The van der Waals surface area contributed by atoms with Crippen LogP contribution in [0.5, 0.6) is 0 Å². The lowest BCUT2D eigenvalue weighted by molar-refractivity contribution is -0.0489. The smallest absolute Gasteiger partial charge is 0.143 e. The fraction of sp³-hybridized carbons (Fsp3) is 1.00. The minimum absolute atomic E-state index is 0.129. The fourth-order valence-corrected chi connectivity index (χ4v) is 1.84. The third-order valence-electron chi connectivity index (χ3n) is 2.60. The van der Waals surface area contributed by atoms with E-state index in [4.69, 9.17) is 9.84 Å². The highest BCUT2D eigenvalue weighted by atomic mass is 16.6. The van der Waals surface area contributed by atoms with Gasteiger partial charge in [-0.25, -0.2) is 0 Å². The number of ether oxygens (including phenoxy) is 1. The molecule has 0 spiro atoms. The van der Waals surface area contributed by atoms with E-state index < -0.39 is 0 Å². The molecule has 1 saturated carbocycles. The van der Waals surface area contributed by atoms with Gasteiger partial charge in [0, 0.05) is 0 Å². The Morgan fingerprint density at radius 3 is 2.45 bits per heavy atom. The SMILES string of the molecule is CC1(COCO)CCCCC1. The van der Waals surface area contributed by atoms with Crippen LogP contribution in [0.2, 0.25) is 0 Å². The van der Waals surface area contributed by atoms with E-state index in [9.17, 15) is 0 Å². The number of aliphatic hydroxyl groups excluding tert-OH is 1. The predicted molar refractivity (Wildman–Crippen MR) is 44.2 cm³/mol. The van der Waals surface area contributed by atoms with Crippen LogP contribution in [0.3, 0.4) is 0 Å². The van der Waals surface area contributed by atoms with Gasteiger partial charge in [0.05, 0.1) is 6.61 Å². The van der Waals surface area contributed by atoms with Gasteiger partial charge >= 0.3 is 0 Å². The van der Waals surface area contributed by atoms with Crippen LogP contribution in [0.15, 0.2) is 0 Å². The van der Waals surface area contributed by atoms with E-state index in [1.165, 1.54) is 32.1 Å². The van der Waals surface area contributed by atoms with E-state index in [0.717, 1.165) is 6.61 Å². The molecule has 0 bridgehead atoms. The summed E-state index contributed by atoms with van der Waals surface area (Å²) in [7, 11) is 0. The van der Waals surface area contributed by atoms with Crippen molar-refractivity contribution in [2.24, 2.45) is 5.41 Å². The first-order chi connectivity index (χ1) is 5.27. The summed E-state index contributed by atoms with van der Waals surface area (Å²) in [5.74, 6) is 0. The van der Waals surface area contributed by atoms with E-state index >= 15 is 0 Å². The van der Waals surface area contributed by atoms with Gasteiger partial charge in [0.2, 0.25) is 0 Å². The Morgan fingerprint density at radius 2 is 1.91 bits per heavy atom. The van der Waals surface area contributed by atoms with Crippen LogP contribution in [0.25, 0.3) is 0 Å². The molecule has 11 heavy (non-hydrogen) atoms. The van der Waals surface area contributed by atoms with Crippen LogP contribution >= 0.6 is 0 Å². The molecule has 0 aliphatic heterocycles. The summed E-state index contributed by atoms with van der Waals surface area (Å²) in [5, 5.41) is 8.49. The van der Waals surface area contributed by atoms with E-state index in [2.05, 4.69) is 6.92 Å². The Kier molecular flexibility index (Phi) is 3.34. The van der Waals surface area contributed by atoms with Gasteiger partial charge in [-0.1, -0.05) is 26.2 Å². The van der Waals surface area contributed by atoms with Gasteiger partial charge < -0.3 is 9.84 Å². The first-order valence-corrected chi connectivity index (χ1v) is 4.45. The molecular formula is C9H18O2. The highest BCUT2D eigenvalue weighted by molar-refractivity contribution is 4.77. The molecule has 0 aromatic carbocycles. The van der Waals surface area contributed by atoms with Gasteiger partial charge in [-0.3, -0.25) is 0 Å². The third kappa shape index (κ3) is 2.80. The Bertz CT molecular complexity index is 106. The fourth-order valence-electron chi connectivity index (χ4n) is 1.84. The van der Waals surface area contributed by atoms with E-state index in [1.54, 1.807) is 0 Å². The number of aliphatic hydroxyl groups is 1. The zero-order valence-electron chi connectivity index (χ0n) is 7.31. The minimum atomic E-state index is -0.129. The molecule has 2 heteroatoms. The molecule has 1 rings (SSSR count). The molecule has 0 saturated heterocycles. The first-order valence-electron chi connectivity index (χ1n) is 4.45. The van der Waals surface area contributed by atoms with Crippen LogP contribution < -0.4 is 0 Å². The normalized spacial score (nSPS) is 23.5. The average molecular weight is 158 g/mol. The minimum Gasteiger partial charge on any atom is -0.371 e. The van der Waals surface area contributed by atoms with Crippen molar-refractivity contribution < 1.29 is 9.84 Å². The number of rotatable bonds is 3. The Morgan fingerprint density at radius 1 is 1.27 bits per heavy atom. The predicted octanol–water partition coefficient (Wildman–Crippen LogP) is 1.92. The standard InChI is InChI=1S/C9H18O2/c1-9(7-11-8-10)5-3-2-4-6-9/h10H,2-8H2,1H3. The Balaban J connectivity index is 2.25. The summed E-state index contributed by atoms with van der Waals surface area (Å²) < 4.78 is 5.03. The second kappa shape index (κ2) is 4.07. The van der Waals surface area contributed by atoms with Crippen LogP contribution in [-0.4, -0.2) is 18.5 Å². The van der Waals surface area contributed by atoms with Crippen molar-refractivity contribution in [1.82, 2.24) is 0 Å². The molecule has 0 amide bonds. The number of hydrogen-bond acceptors (Lipinski definition) is 2. The Hall–Kier alpha value is -0.0800. The van der Waals surface area contributed by atoms with E-state index in [1.807, 2.05) is 0 Å². The summed E-state index contributed by atoms with van der Waals surface area (Å²) in [6.07, 6.45) is 6.53.